The van der Waals surface area contributed by atoms with Gasteiger partial charge in [-0.25, -0.2) is 0 Å². The summed E-state index contributed by atoms with van der Waals surface area (Å²) in [5.74, 6) is 0.0626. The van der Waals surface area contributed by atoms with Crippen LogP contribution in [0, 0.1) is 5.92 Å². The Hall–Kier alpha value is -9.25. The SMILES string of the molecule is CC/C1=C(\c2ccc(-c3ccccc3)cc2)N=C(c2ccccc2)C(C)/C(C)=C(\c2ccc3c(c2)oc2ccc(-c4ccc5oc6ccccc6c5c4-n4c5ccccc5c5cc(-c6ccccc6)ccc54)cc23)C1. The maximum atomic E-state index is 6.88. The van der Waals surface area contributed by atoms with Gasteiger partial charge in [0.2, 0.25) is 0 Å². The molecule has 0 N–H and O–H groups in total. The Morgan fingerprint density at radius 1 is 0.440 bits per heavy atom. The lowest BCUT2D eigenvalue weighted by Crippen LogP contribution is -2.17. The van der Waals surface area contributed by atoms with Crippen LogP contribution < -0.4 is 0 Å². The largest absolute Gasteiger partial charge is 0.456 e. The van der Waals surface area contributed by atoms with Crippen LogP contribution in [0.2, 0.25) is 0 Å². The van der Waals surface area contributed by atoms with Crippen molar-refractivity contribution in [3.8, 4) is 39.1 Å². The number of hydrogen-bond acceptors (Lipinski definition) is 3. The second kappa shape index (κ2) is 18.0. The second-order valence-electron chi connectivity index (χ2n) is 20.1. The van der Waals surface area contributed by atoms with E-state index >= 15 is 0 Å². The van der Waals surface area contributed by atoms with Gasteiger partial charge in [-0.2, -0.15) is 0 Å². The number of allylic oxidation sites excluding steroid dienone is 3. The molecule has 0 saturated heterocycles. The third-order valence-corrected chi connectivity index (χ3v) is 15.9. The van der Waals surface area contributed by atoms with Crippen LogP contribution in [0.15, 0.2) is 255 Å². The number of rotatable bonds is 8. The van der Waals surface area contributed by atoms with Gasteiger partial charge in [0.1, 0.15) is 22.3 Å². The fourth-order valence-corrected chi connectivity index (χ4v) is 11.9. The molecule has 3 aromatic heterocycles. The van der Waals surface area contributed by atoms with Gasteiger partial charge in [0.25, 0.3) is 0 Å². The van der Waals surface area contributed by atoms with Crippen molar-refractivity contribution >= 4 is 82.7 Å². The molecule has 4 nitrogen and oxygen atoms in total. The minimum absolute atomic E-state index is 0.0626. The van der Waals surface area contributed by atoms with E-state index in [2.05, 4.69) is 256 Å². The fraction of sp³-hybridized carbons (Fsp3) is 0.0845. The van der Waals surface area contributed by atoms with Crippen LogP contribution in [0.5, 0.6) is 0 Å². The van der Waals surface area contributed by atoms with E-state index in [-0.39, 0.29) is 5.92 Å². The molecule has 4 heterocycles. The van der Waals surface area contributed by atoms with Gasteiger partial charge >= 0.3 is 0 Å². The number of aromatic nitrogens is 1. The zero-order chi connectivity index (χ0) is 50.1. The maximum Gasteiger partial charge on any atom is 0.137 e. The van der Waals surface area contributed by atoms with E-state index in [4.69, 9.17) is 13.8 Å². The summed E-state index contributed by atoms with van der Waals surface area (Å²) in [6, 6.07) is 83.0. The molecule has 4 heteroatoms. The number of nitrogens with zero attached hydrogens (tertiary/aromatic N) is 2. The molecular weight excluding hydrogens is 913 g/mol. The molecule has 0 radical (unpaired) electrons. The molecule has 358 valence electrons. The smallest absolute Gasteiger partial charge is 0.137 e. The number of para-hydroxylation sites is 2. The van der Waals surface area contributed by atoms with E-state index < -0.39 is 0 Å². The summed E-state index contributed by atoms with van der Waals surface area (Å²) in [6.45, 7) is 6.89. The molecule has 0 amide bonds. The molecule has 1 aliphatic rings. The number of hydrogen-bond donors (Lipinski definition) is 0. The average Bonchev–Trinajstić information content (AvgIpc) is 4.15. The molecule has 1 atom stereocenters. The van der Waals surface area contributed by atoms with Crippen LogP contribution in [-0.2, 0) is 0 Å². The highest BCUT2D eigenvalue weighted by Gasteiger charge is 2.26. The van der Waals surface area contributed by atoms with Crippen molar-refractivity contribution in [1.82, 2.24) is 4.57 Å². The van der Waals surface area contributed by atoms with Crippen LogP contribution in [0.3, 0.4) is 0 Å². The average molecular weight is 965 g/mol. The van der Waals surface area contributed by atoms with Gasteiger partial charge in [-0.3, -0.25) is 4.99 Å². The molecule has 1 aliphatic heterocycles. The maximum absolute atomic E-state index is 6.88. The van der Waals surface area contributed by atoms with Crippen molar-refractivity contribution in [3.63, 3.8) is 0 Å². The highest BCUT2D eigenvalue weighted by molar-refractivity contribution is 6.18. The zero-order valence-corrected chi connectivity index (χ0v) is 42.1. The predicted molar refractivity (Wildman–Crippen MR) is 315 cm³/mol. The lowest BCUT2D eigenvalue weighted by molar-refractivity contribution is 0.668. The second-order valence-corrected chi connectivity index (χ2v) is 20.1. The van der Waals surface area contributed by atoms with Gasteiger partial charge in [0.15, 0.2) is 0 Å². The molecule has 0 spiro atoms. The summed E-state index contributed by atoms with van der Waals surface area (Å²) in [7, 11) is 0. The molecular formula is C71H52N2O2. The monoisotopic (exact) mass is 964 g/mol. The van der Waals surface area contributed by atoms with Crippen molar-refractivity contribution in [3.05, 3.63) is 258 Å². The number of aliphatic imine (C=N–C) groups is 1. The lowest BCUT2D eigenvalue weighted by Gasteiger charge is -2.26. The summed E-state index contributed by atoms with van der Waals surface area (Å²) in [6.07, 6.45) is 1.65. The molecule has 0 aliphatic carbocycles. The lowest BCUT2D eigenvalue weighted by atomic mass is 9.82. The first-order chi connectivity index (χ1) is 37.0. The van der Waals surface area contributed by atoms with Crippen molar-refractivity contribution in [2.24, 2.45) is 10.9 Å². The van der Waals surface area contributed by atoms with Crippen LogP contribution in [0.1, 0.15) is 50.3 Å². The van der Waals surface area contributed by atoms with E-state index in [1.54, 1.807) is 0 Å². The quantitative estimate of drug-likeness (QED) is 0.152. The van der Waals surface area contributed by atoms with E-state index in [1.807, 2.05) is 0 Å². The molecule has 1 unspecified atom stereocenters. The Morgan fingerprint density at radius 2 is 1.00 bits per heavy atom. The van der Waals surface area contributed by atoms with E-state index in [0.717, 1.165) is 107 Å². The van der Waals surface area contributed by atoms with Gasteiger partial charge in [-0.15, -0.1) is 0 Å². The van der Waals surface area contributed by atoms with E-state index in [0.29, 0.717) is 0 Å². The van der Waals surface area contributed by atoms with E-state index in [1.165, 1.54) is 55.3 Å². The third-order valence-electron chi connectivity index (χ3n) is 15.9. The number of fused-ring (bicyclic) bond motifs is 9. The van der Waals surface area contributed by atoms with Crippen LogP contribution in [0.4, 0.5) is 0 Å². The van der Waals surface area contributed by atoms with Gasteiger partial charge < -0.3 is 13.4 Å². The van der Waals surface area contributed by atoms with Crippen molar-refractivity contribution in [2.75, 3.05) is 0 Å². The summed E-state index contributed by atoms with van der Waals surface area (Å²) in [4.78, 5) is 5.63. The van der Waals surface area contributed by atoms with Crippen LogP contribution in [0.25, 0.3) is 116 Å². The molecule has 10 aromatic carbocycles. The van der Waals surface area contributed by atoms with Gasteiger partial charge in [-0.05, 0) is 131 Å². The van der Waals surface area contributed by atoms with Crippen molar-refractivity contribution in [2.45, 2.75) is 33.6 Å². The van der Waals surface area contributed by atoms with Crippen LogP contribution in [-0.4, -0.2) is 10.3 Å². The first-order valence-corrected chi connectivity index (χ1v) is 26.2. The molecule has 0 fully saturated rings. The minimum atomic E-state index is 0.0626. The highest BCUT2D eigenvalue weighted by atomic mass is 16.3. The normalized spacial score (nSPS) is 16.4. The first-order valence-electron chi connectivity index (χ1n) is 26.2. The topological polar surface area (TPSA) is 43.6 Å². The summed E-state index contributed by atoms with van der Waals surface area (Å²) in [5, 5.41) is 6.76. The Labute approximate surface area is 435 Å². The predicted octanol–water partition coefficient (Wildman–Crippen LogP) is 19.7. The molecule has 13 aromatic rings. The van der Waals surface area contributed by atoms with Crippen molar-refractivity contribution < 1.29 is 8.83 Å². The fourth-order valence-electron chi connectivity index (χ4n) is 11.9. The highest BCUT2D eigenvalue weighted by Crippen LogP contribution is 2.46. The van der Waals surface area contributed by atoms with E-state index in [9.17, 15) is 0 Å². The number of benzene rings is 10. The standard InChI is InChI=1S/C71H52N2O2/c1-4-46-40-59(44(2)45(3)69(50-22-12-7-13-23-50)72-70(46)51-30-28-49(29-31-51)47-18-8-5-9-19-47)54-32-35-57-61-42-53(34-38-65(61)75-67(57)43-54)55-36-39-66-68(58-25-15-17-27-64(58)74-66)71(55)73-62-26-16-14-24-56(62)60-41-52(33-37-63(60)73)48-20-10-6-11-21-48/h5-39,41-43,45H,4,40H2,1-3H3/b59-44-,70-46-,72-69?. The van der Waals surface area contributed by atoms with Crippen LogP contribution >= 0.6 is 0 Å². The Morgan fingerprint density at radius 3 is 1.76 bits per heavy atom. The Balaban J connectivity index is 0.916. The number of furan rings is 2. The summed E-state index contributed by atoms with van der Waals surface area (Å²) in [5.41, 5.74) is 23.4. The molecule has 75 heavy (non-hydrogen) atoms. The summed E-state index contributed by atoms with van der Waals surface area (Å²) < 4.78 is 16.0. The summed E-state index contributed by atoms with van der Waals surface area (Å²) >= 11 is 0. The Kier molecular flexibility index (Phi) is 10.7. The minimum Gasteiger partial charge on any atom is -0.456 e. The van der Waals surface area contributed by atoms with Gasteiger partial charge in [-0.1, -0.05) is 189 Å². The first kappa shape index (κ1) is 44.5. The Bertz CT molecular complexity index is 4470. The van der Waals surface area contributed by atoms with Gasteiger partial charge in [0, 0.05) is 44.0 Å². The van der Waals surface area contributed by atoms with Gasteiger partial charge in [0.05, 0.1) is 33.5 Å². The molecule has 0 saturated carbocycles. The van der Waals surface area contributed by atoms with Crippen molar-refractivity contribution in [1.29, 1.82) is 0 Å². The third kappa shape index (κ3) is 7.47. The molecule has 14 rings (SSSR count). The molecule has 0 bridgehead atoms. The zero-order valence-electron chi connectivity index (χ0n) is 42.1.